The predicted molar refractivity (Wildman–Crippen MR) is 75.6 cm³/mol. The molecule has 0 heterocycles. The lowest BCUT2D eigenvalue weighted by Crippen LogP contribution is -2.35. The van der Waals surface area contributed by atoms with Crippen LogP contribution in [-0.2, 0) is 4.79 Å². The molecule has 0 saturated heterocycles. The molecule has 0 bridgehead atoms. The van der Waals surface area contributed by atoms with E-state index in [4.69, 9.17) is 0 Å². The molecule has 100 valence electrons. The molecule has 3 nitrogen and oxygen atoms in total. The van der Waals surface area contributed by atoms with Crippen molar-refractivity contribution >= 4 is 5.91 Å². The van der Waals surface area contributed by atoms with E-state index in [9.17, 15) is 4.79 Å². The lowest BCUT2D eigenvalue weighted by atomic mass is 9.95. The average molecular weight is 248 g/mol. The van der Waals surface area contributed by atoms with Gasteiger partial charge in [-0.25, -0.2) is 0 Å². The first-order chi connectivity index (χ1) is 8.69. The SMILES string of the molecule is CCC(C(=O)NCC(C)CNC)c1ccccc1. The Morgan fingerprint density at radius 2 is 1.89 bits per heavy atom. The van der Waals surface area contributed by atoms with Crippen LogP contribution >= 0.6 is 0 Å². The zero-order valence-corrected chi connectivity index (χ0v) is 11.6. The van der Waals surface area contributed by atoms with Gasteiger partial charge >= 0.3 is 0 Å². The van der Waals surface area contributed by atoms with Gasteiger partial charge in [0.2, 0.25) is 5.91 Å². The standard InChI is InChI=1S/C15H24N2O/c1-4-14(13-8-6-5-7-9-13)15(18)17-11-12(2)10-16-3/h5-9,12,14,16H,4,10-11H2,1-3H3,(H,17,18). The van der Waals surface area contributed by atoms with Crippen molar-refractivity contribution in [3.8, 4) is 0 Å². The molecule has 1 aromatic carbocycles. The van der Waals surface area contributed by atoms with Gasteiger partial charge in [-0.1, -0.05) is 44.2 Å². The van der Waals surface area contributed by atoms with Crippen LogP contribution in [-0.4, -0.2) is 26.0 Å². The van der Waals surface area contributed by atoms with Gasteiger partial charge in [-0.3, -0.25) is 4.79 Å². The minimum atomic E-state index is -0.0343. The van der Waals surface area contributed by atoms with Crippen LogP contribution in [0.15, 0.2) is 30.3 Å². The highest BCUT2D eigenvalue weighted by Crippen LogP contribution is 2.19. The van der Waals surface area contributed by atoms with Crippen LogP contribution in [0.1, 0.15) is 31.7 Å². The van der Waals surface area contributed by atoms with E-state index in [1.165, 1.54) is 0 Å². The largest absolute Gasteiger partial charge is 0.355 e. The van der Waals surface area contributed by atoms with E-state index >= 15 is 0 Å². The maximum atomic E-state index is 12.2. The highest BCUT2D eigenvalue weighted by Gasteiger charge is 2.18. The van der Waals surface area contributed by atoms with Crippen LogP contribution in [0.4, 0.5) is 0 Å². The number of hydrogen-bond donors (Lipinski definition) is 2. The topological polar surface area (TPSA) is 41.1 Å². The third kappa shape index (κ3) is 4.49. The van der Waals surface area contributed by atoms with Crippen LogP contribution in [0.2, 0.25) is 0 Å². The molecule has 0 aromatic heterocycles. The predicted octanol–water partition coefficient (Wildman–Crippen LogP) is 2.15. The van der Waals surface area contributed by atoms with Gasteiger partial charge in [-0.05, 0) is 31.5 Å². The van der Waals surface area contributed by atoms with Gasteiger partial charge in [-0.2, -0.15) is 0 Å². The number of carbonyl (C=O) groups is 1. The Kier molecular flexibility index (Phi) is 6.44. The Morgan fingerprint density at radius 3 is 2.44 bits per heavy atom. The first kappa shape index (κ1) is 14.7. The van der Waals surface area contributed by atoms with Crippen molar-refractivity contribution in [2.45, 2.75) is 26.2 Å². The molecule has 0 saturated carbocycles. The fourth-order valence-electron chi connectivity index (χ4n) is 2.08. The Hall–Kier alpha value is -1.35. The molecular weight excluding hydrogens is 224 g/mol. The molecule has 2 N–H and O–H groups in total. The fraction of sp³-hybridized carbons (Fsp3) is 0.533. The van der Waals surface area contributed by atoms with Gasteiger partial charge in [0, 0.05) is 6.54 Å². The summed E-state index contributed by atoms with van der Waals surface area (Å²) >= 11 is 0. The third-order valence-corrected chi connectivity index (χ3v) is 3.10. The van der Waals surface area contributed by atoms with Gasteiger partial charge in [0.05, 0.1) is 5.92 Å². The van der Waals surface area contributed by atoms with Crippen molar-refractivity contribution in [1.29, 1.82) is 0 Å². The molecule has 0 aliphatic carbocycles. The normalized spacial score (nSPS) is 13.9. The average Bonchev–Trinajstić information content (AvgIpc) is 2.39. The summed E-state index contributed by atoms with van der Waals surface area (Å²) in [5.41, 5.74) is 1.10. The summed E-state index contributed by atoms with van der Waals surface area (Å²) in [6.45, 7) is 5.82. The molecule has 1 rings (SSSR count). The van der Waals surface area contributed by atoms with Gasteiger partial charge in [0.1, 0.15) is 0 Å². The van der Waals surface area contributed by atoms with Crippen molar-refractivity contribution < 1.29 is 4.79 Å². The summed E-state index contributed by atoms with van der Waals surface area (Å²) in [5, 5.41) is 6.15. The number of benzene rings is 1. The summed E-state index contributed by atoms with van der Waals surface area (Å²) in [4.78, 5) is 12.2. The van der Waals surface area contributed by atoms with Gasteiger partial charge in [0.15, 0.2) is 0 Å². The first-order valence-electron chi connectivity index (χ1n) is 6.66. The van der Waals surface area contributed by atoms with Gasteiger partial charge < -0.3 is 10.6 Å². The van der Waals surface area contributed by atoms with Gasteiger partial charge in [-0.15, -0.1) is 0 Å². The lowest BCUT2D eigenvalue weighted by Gasteiger charge is -2.17. The second-order valence-corrected chi connectivity index (χ2v) is 4.78. The van der Waals surface area contributed by atoms with E-state index in [-0.39, 0.29) is 11.8 Å². The maximum absolute atomic E-state index is 12.2. The molecule has 0 aliphatic heterocycles. The molecular formula is C15H24N2O. The van der Waals surface area contributed by atoms with Crippen LogP contribution in [0, 0.1) is 5.92 Å². The molecule has 0 aliphatic rings. The summed E-state index contributed by atoms with van der Waals surface area (Å²) in [5.74, 6) is 0.548. The van der Waals surface area contributed by atoms with Crippen molar-refractivity contribution in [2.75, 3.05) is 20.1 Å². The van der Waals surface area contributed by atoms with E-state index < -0.39 is 0 Å². The van der Waals surface area contributed by atoms with Crippen LogP contribution < -0.4 is 10.6 Å². The van der Waals surface area contributed by atoms with Crippen LogP contribution in [0.5, 0.6) is 0 Å². The number of carbonyl (C=O) groups excluding carboxylic acids is 1. The maximum Gasteiger partial charge on any atom is 0.227 e. The van der Waals surface area contributed by atoms with E-state index in [0.717, 1.165) is 25.1 Å². The van der Waals surface area contributed by atoms with Gasteiger partial charge in [0.25, 0.3) is 0 Å². The van der Waals surface area contributed by atoms with Crippen molar-refractivity contribution in [3.63, 3.8) is 0 Å². The summed E-state index contributed by atoms with van der Waals surface area (Å²) in [7, 11) is 1.93. The monoisotopic (exact) mass is 248 g/mol. The van der Waals surface area contributed by atoms with Crippen LogP contribution in [0.3, 0.4) is 0 Å². The highest BCUT2D eigenvalue weighted by atomic mass is 16.1. The molecule has 0 fully saturated rings. The molecule has 1 aromatic rings. The number of nitrogens with one attached hydrogen (secondary N) is 2. The minimum Gasteiger partial charge on any atom is -0.355 e. The van der Waals surface area contributed by atoms with E-state index in [0.29, 0.717) is 5.92 Å². The van der Waals surface area contributed by atoms with E-state index in [2.05, 4.69) is 17.6 Å². The second kappa shape index (κ2) is 7.88. The molecule has 1 amide bonds. The zero-order valence-electron chi connectivity index (χ0n) is 11.6. The third-order valence-electron chi connectivity index (χ3n) is 3.10. The fourth-order valence-corrected chi connectivity index (χ4v) is 2.08. The Morgan fingerprint density at radius 1 is 1.22 bits per heavy atom. The Labute approximate surface area is 110 Å². The van der Waals surface area contributed by atoms with E-state index in [1.807, 2.05) is 44.3 Å². The first-order valence-corrected chi connectivity index (χ1v) is 6.66. The summed E-state index contributed by atoms with van der Waals surface area (Å²) in [6.07, 6.45) is 0.830. The molecule has 0 radical (unpaired) electrons. The quantitative estimate of drug-likeness (QED) is 0.776. The Bertz CT molecular complexity index is 351. The highest BCUT2D eigenvalue weighted by molar-refractivity contribution is 5.83. The van der Waals surface area contributed by atoms with Crippen molar-refractivity contribution in [2.24, 2.45) is 5.92 Å². The molecule has 18 heavy (non-hydrogen) atoms. The molecule has 2 unspecified atom stereocenters. The summed E-state index contributed by atoms with van der Waals surface area (Å²) < 4.78 is 0. The smallest absolute Gasteiger partial charge is 0.227 e. The second-order valence-electron chi connectivity index (χ2n) is 4.78. The molecule has 0 spiro atoms. The molecule has 3 heteroatoms. The summed E-state index contributed by atoms with van der Waals surface area (Å²) in [6, 6.07) is 9.97. The number of rotatable bonds is 7. The Balaban J connectivity index is 2.53. The number of hydrogen-bond acceptors (Lipinski definition) is 2. The van der Waals surface area contributed by atoms with Crippen molar-refractivity contribution in [3.05, 3.63) is 35.9 Å². The van der Waals surface area contributed by atoms with E-state index in [1.54, 1.807) is 0 Å². The lowest BCUT2D eigenvalue weighted by molar-refractivity contribution is -0.122. The minimum absolute atomic E-state index is 0.0343. The number of amides is 1. The van der Waals surface area contributed by atoms with Crippen LogP contribution in [0.25, 0.3) is 0 Å². The molecule has 2 atom stereocenters. The van der Waals surface area contributed by atoms with Crippen molar-refractivity contribution in [1.82, 2.24) is 10.6 Å². The zero-order chi connectivity index (χ0) is 13.4.